The number of aliphatic carboxylic acids is 1. The fraction of sp³-hybridized carbons (Fsp3) is 0.333. The maximum absolute atomic E-state index is 12.4. The smallest absolute Gasteiger partial charge is 0.305 e. The van der Waals surface area contributed by atoms with Gasteiger partial charge in [-0.15, -0.1) is 0 Å². The molecular weight excluding hydrogens is 284 g/mol. The van der Waals surface area contributed by atoms with Gasteiger partial charge in [-0.2, -0.15) is 5.10 Å². The number of amides is 1. The molecule has 2 aromatic rings. The van der Waals surface area contributed by atoms with Crippen molar-refractivity contribution in [2.75, 3.05) is 0 Å². The SMILES string of the molecule is O=C(O)CC1(NC(=O)c2cccc(-n3cccn3)n2)CCC1. The van der Waals surface area contributed by atoms with Crippen LogP contribution >= 0.6 is 0 Å². The van der Waals surface area contributed by atoms with Crippen molar-refractivity contribution in [3.8, 4) is 5.82 Å². The highest BCUT2D eigenvalue weighted by Gasteiger charge is 2.40. The van der Waals surface area contributed by atoms with Gasteiger partial charge in [-0.3, -0.25) is 9.59 Å². The third kappa shape index (κ3) is 2.83. The van der Waals surface area contributed by atoms with E-state index in [-0.39, 0.29) is 18.0 Å². The monoisotopic (exact) mass is 300 g/mol. The van der Waals surface area contributed by atoms with Gasteiger partial charge in [0.05, 0.1) is 12.0 Å². The molecule has 114 valence electrons. The second kappa shape index (κ2) is 5.59. The molecule has 0 unspecified atom stereocenters. The van der Waals surface area contributed by atoms with Crippen molar-refractivity contribution in [2.24, 2.45) is 0 Å². The van der Waals surface area contributed by atoms with Crippen LogP contribution in [0.1, 0.15) is 36.2 Å². The summed E-state index contributed by atoms with van der Waals surface area (Å²) in [4.78, 5) is 27.6. The fourth-order valence-corrected chi connectivity index (χ4v) is 2.63. The van der Waals surface area contributed by atoms with Gasteiger partial charge in [-0.1, -0.05) is 6.07 Å². The highest BCUT2D eigenvalue weighted by atomic mass is 16.4. The van der Waals surface area contributed by atoms with E-state index in [9.17, 15) is 9.59 Å². The summed E-state index contributed by atoms with van der Waals surface area (Å²) in [5.41, 5.74) is -0.378. The van der Waals surface area contributed by atoms with Gasteiger partial charge in [-0.25, -0.2) is 9.67 Å². The molecule has 0 aliphatic heterocycles. The van der Waals surface area contributed by atoms with Crippen molar-refractivity contribution in [3.63, 3.8) is 0 Å². The summed E-state index contributed by atoms with van der Waals surface area (Å²) in [6.07, 6.45) is 5.60. The Kier molecular flexibility index (Phi) is 3.62. The zero-order chi connectivity index (χ0) is 15.6. The highest BCUT2D eigenvalue weighted by molar-refractivity contribution is 5.93. The molecule has 2 aromatic heterocycles. The number of carbonyl (C=O) groups excluding carboxylic acids is 1. The lowest BCUT2D eigenvalue weighted by atomic mass is 9.74. The van der Waals surface area contributed by atoms with Crippen molar-refractivity contribution in [1.29, 1.82) is 0 Å². The average molecular weight is 300 g/mol. The number of hydrogen-bond acceptors (Lipinski definition) is 4. The molecule has 2 heterocycles. The van der Waals surface area contributed by atoms with Crippen molar-refractivity contribution < 1.29 is 14.7 Å². The summed E-state index contributed by atoms with van der Waals surface area (Å²) in [5.74, 6) is -0.716. The van der Waals surface area contributed by atoms with Crippen LogP contribution in [0.25, 0.3) is 5.82 Å². The second-order valence-corrected chi connectivity index (χ2v) is 5.49. The lowest BCUT2D eigenvalue weighted by Crippen LogP contribution is -2.54. The molecule has 1 fully saturated rings. The normalized spacial score (nSPS) is 15.8. The molecule has 0 saturated heterocycles. The quantitative estimate of drug-likeness (QED) is 0.869. The molecule has 1 saturated carbocycles. The highest BCUT2D eigenvalue weighted by Crippen LogP contribution is 2.35. The summed E-state index contributed by atoms with van der Waals surface area (Å²) in [6, 6.07) is 6.85. The maximum atomic E-state index is 12.4. The Hall–Kier alpha value is -2.70. The van der Waals surface area contributed by atoms with Crippen LogP contribution in [0.5, 0.6) is 0 Å². The van der Waals surface area contributed by atoms with Gasteiger partial charge in [-0.05, 0) is 37.5 Å². The summed E-state index contributed by atoms with van der Waals surface area (Å²) in [7, 11) is 0. The fourth-order valence-electron chi connectivity index (χ4n) is 2.63. The third-order valence-electron chi connectivity index (χ3n) is 3.89. The Morgan fingerprint density at radius 2 is 2.14 bits per heavy atom. The molecule has 0 bridgehead atoms. The molecular formula is C15H16N4O3. The van der Waals surface area contributed by atoms with Gasteiger partial charge in [0, 0.05) is 12.4 Å². The van der Waals surface area contributed by atoms with E-state index in [2.05, 4.69) is 15.4 Å². The van der Waals surface area contributed by atoms with E-state index in [1.54, 1.807) is 41.3 Å². The molecule has 2 N–H and O–H groups in total. The molecule has 7 heteroatoms. The molecule has 0 radical (unpaired) electrons. The Morgan fingerprint density at radius 3 is 2.73 bits per heavy atom. The Bertz CT molecular complexity index is 693. The van der Waals surface area contributed by atoms with Crippen molar-refractivity contribution in [1.82, 2.24) is 20.1 Å². The Morgan fingerprint density at radius 1 is 1.32 bits per heavy atom. The minimum absolute atomic E-state index is 0.0579. The number of rotatable bonds is 5. The number of nitrogens with one attached hydrogen (secondary N) is 1. The van der Waals surface area contributed by atoms with Gasteiger partial charge in [0.2, 0.25) is 0 Å². The molecule has 1 aliphatic rings. The lowest BCUT2D eigenvalue weighted by molar-refractivity contribution is -0.139. The topological polar surface area (TPSA) is 97.1 Å². The van der Waals surface area contributed by atoms with E-state index in [0.29, 0.717) is 18.7 Å². The Labute approximate surface area is 127 Å². The Balaban J connectivity index is 1.78. The summed E-state index contributed by atoms with van der Waals surface area (Å²) in [6.45, 7) is 0. The second-order valence-electron chi connectivity index (χ2n) is 5.49. The van der Waals surface area contributed by atoms with Gasteiger partial charge < -0.3 is 10.4 Å². The minimum atomic E-state index is -0.904. The van der Waals surface area contributed by atoms with E-state index in [1.165, 1.54) is 0 Å². The van der Waals surface area contributed by atoms with E-state index >= 15 is 0 Å². The predicted molar refractivity (Wildman–Crippen MR) is 77.7 cm³/mol. The van der Waals surface area contributed by atoms with E-state index in [4.69, 9.17) is 5.11 Å². The predicted octanol–water partition coefficient (Wildman–Crippen LogP) is 1.39. The van der Waals surface area contributed by atoms with Crippen LogP contribution in [-0.2, 0) is 4.79 Å². The van der Waals surface area contributed by atoms with Crippen LogP contribution in [0.3, 0.4) is 0 Å². The largest absolute Gasteiger partial charge is 0.481 e. The molecule has 0 aromatic carbocycles. The van der Waals surface area contributed by atoms with Crippen LogP contribution < -0.4 is 5.32 Å². The summed E-state index contributed by atoms with van der Waals surface area (Å²) < 4.78 is 1.56. The molecule has 0 atom stereocenters. The zero-order valence-corrected chi connectivity index (χ0v) is 11.9. The first-order valence-corrected chi connectivity index (χ1v) is 7.09. The standard InChI is InChI=1S/C15H16N4O3/c20-13(21)10-15(6-2-7-15)18-14(22)11-4-1-5-12(17-11)19-9-3-8-16-19/h1,3-5,8-9H,2,6-7,10H2,(H,18,22)(H,20,21). The lowest BCUT2D eigenvalue weighted by Gasteiger charge is -2.41. The van der Waals surface area contributed by atoms with Gasteiger partial charge in [0.1, 0.15) is 5.69 Å². The number of hydrogen-bond donors (Lipinski definition) is 2. The van der Waals surface area contributed by atoms with Crippen molar-refractivity contribution in [3.05, 3.63) is 42.4 Å². The molecule has 7 nitrogen and oxygen atoms in total. The summed E-state index contributed by atoms with van der Waals surface area (Å²) >= 11 is 0. The molecule has 0 spiro atoms. The van der Waals surface area contributed by atoms with Gasteiger partial charge >= 0.3 is 5.97 Å². The number of nitrogens with zero attached hydrogens (tertiary/aromatic N) is 3. The molecule has 3 rings (SSSR count). The van der Waals surface area contributed by atoms with E-state index in [0.717, 1.165) is 6.42 Å². The molecule has 22 heavy (non-hydrogen) atoms. The number of carboxylic acids is 1. The van der Waals surface area contributed by atoms with E-state index < -0.39 is 11.5 Å². The number of aromatic nitrogens is 3. The number of carboxylic acid groups (broad SMARTS) is 1. The van der Waals surface area contributed by atoms with Crippen LogP contribution in [-0.4, -0.2) is 37.3 Å². The minimum Gasteiger partial charge on any atom is -0.481 e. The van der Waals surface area contributed by atoms with Crippen molar-refractivity contribution >= 4 is 11.9 Å². The van der Waals surface area contributed by atoms with Gasteiger partial charge in [0.25, 0.3) is 5.91 Å². The molecule has 1 aliphatic carbocycles. The number of pyridine rings is 1. The van der Waals surface area contributed by atoms with Crippen LogP contribution in [0.2, 0.25) is 0 Å². The average Bonchev–Trinajstić information content (AvgIpc) is 2.98. The van der Waals surface area contributed by atoms with Crippen LogP contribution in [0.4, 0.5) is 0 Å². The zero-order valence-electron chi connectivity index (χ0n) is 11.9. The van der Waals surface area contributed by atoms with Crippen LogP contribution in [0.15, 0.2) is 36.7 Å². The first kappa shape index (κ1) is 14.2. The third-order valence-corrected chi connectivity index (χ3v) is 3.89. The maximum Gasteiger partial charge on any atom is 0.305 e. The van der Waals surface area contributed by atoms with Gasteiger partial charge in [0.15, 0.2) is 5.82 Å². The molecule has 1 amide bonds. The first-order chi connectivity index (χ1) is 10.6. The van der Waals surface area contributed by atoms with Crippen molar-refractivity contribution in [2.45, 2.75) is 31.2 Å². The first-order valence-electron chi connectivity index (χ1n) is 7.09. The van der Waals surface area contributed by atoms with Crippen LogP contribution in [0, 0.1) is 0 Å². The number of carbonyl (C=O) groups is 2. The van der Waals surface area contributed by atoms with E-state index in [1.807, 2.05) is 0 Å². The summed E-state index contributed by atoms with van der Waals surface area (Å²) in [5, 5.41) is 15.9.